The van der Waals surface area contributed by atoms with Crippen molar-refractivity contribution in [2.45, 2.75) is 46.5 Å². The average Bonchev–Trinajstić information content (AvgIpc) is 2.47. The number of ether oxygens (including phenoxy) is 1. The molecule has 0 amide bonds. The van der Waals surface area contributed by atoms with E-state index >= 15 is 0 Å². The number of carbonyl (C=O) groups excluding carboxylic acids is 2. The number of esters is 1. The summed E-state index contributed by atoms with van der Waals surface area (Å²) in [5.41, 5.74) is -0.441. The monoisotopic (exact) mass is 276 g/mol. The highest BCUT2D eigenvalue weighted by Gasteiger charge is 2.45. The lowest BCUT2D eigenvalue weighted by molar-refractivity contribution is -0.153. The maximum Gasteiger partial charge on any atom is 0.319 e. The van der Waals surface area contributed by atoms with E-state index in [1.54, 1.807) is 19.1 Å². The summed E-state index contributed by atoms with van der Waals surface area (Å²) in [7, 11) is 0. The van der Waals surface area contributed by atoms with Gasteiger partial charge in [0.25, 0.3) is 0 Å². The second-order valence-electron chi connectivity index (χ2n) is 5.00. The summed E-state index contributed by atoms with van der Waals surface area (Å²) in [6, 6.07) is 9.04. The van der Waals surface area contributed by atoms with Crippen LogP contribution in [0.1, 0.15) is 56.8 Å². The minimum absolute atomic E-state index is 0.111. The van der Waals surface area contributed by atoms with E-state index in [0.29, 0.717) is 25.0 Å². The van der Waals surface area contributed by atoms with Crippen LogP contribution in [-0.2, 0) is 9.53 Å². The van der Waals surface area contributed by atoms with Gasteiger partial charge < -0.3 is 4.74 Å². The first-order chi connectivity index (χ1) is 9.62. The van der Waals surface area contributed by atoms with Gasteiger partial charge in [-0.2, -0.15) is 0 Å². The van der Waals surface area contributed by atoms with Crippen molar-refractivity contribution >= 4 is 11.8 Å². The molecule has 1 aromatic rings. The van der Waals surface area contributed by atoms with Gasteiger partial charge in [0, 0.05) is 5.56 Å². The van der Waals surface area contributed by atoms with Crippen molar-refractivity contribution in [3.05, 3.63) is 35.9 Å². The van der Waals surface area contributed by atoms with Crippen LogP contribution in [-0.4, -0.2) is 18.4 Å². The third-order valence-electron chi connectivity index (χ3n) is 3.49. The molecule has 1 rings (SSSR count). The molecule has 0 fully saturated rings. The topological polar surface area (TPSA) is 43.4 Å². The first-order valence-electron chi connectivity index (χ1n) is 7.39. The highest BCUT2D eigenvalue weighted by atomic mass is 16.5. The Hall–Kier alpha value is -1.64. The second-order valence-corrected chi connectivity index (χ2v) is 5.00. The quantitative estimate of drug-likeness (QED) is 0.409. The SMILES string of the molecule is CCCC(CCC)(C(=O)OCC)C(=O)c1ccccc1. The van der Waals surface area contributed by atoms with Crippen molar-refractivity contribution in [3.63, 3.8) is 0 Å². The Kier molecular flexibility index (Phi) is 6.43. The van der Waals surface area contributed by atoms with Gasteiger partial charge in [-0.05, 0) is 19.8 Å². The lowest BCUT2D eigenvalue weighted by Crippen LogP contribution is -2.41. The van der Waals surface area contributed by atoms with Crippen LogP contribution in [0.4, 0.5) is 0 Å². The predicted molar refractivity (Wildman–Crippen MR) is 79.7 cm³/mol. The van der Waals surface area contributed by atoms with Gasteiger partial charge in [0.1, 0.15) is 5.41 Å². The van der Waals surface area contributed by atoms with Crippen molar-refractivity contribution in [3.8, 4) is 0 Å². The molecule has 1 aromatic carbocycles. The number of hydrogen-bond acceptors (Lipinski definition) is 3. The smallest absolute Gasteiger partial charge is 0.319 e. The summed E-state index contributed by atoms with van der Waals surface area (Å²) in [5.74, 6) is -0.488. The van der Waals surface area contributed by atoms with Crippen molar-refractivity contribution in [1.29, 1.82) is 0 Å². The van der Waals surface area contributed by atoms with Gasteiger partial charge in [0.05, 0.1) is 6.61 Å². The summed E-state index contributed by atoms with van der Waals surface area (Å²) in [6.07, 6.45) is 2.62. The molecule has 0 heterocycles. The molecule has 0 aliphatic rings. The highest BCUT2D eigenvalue weighted by Crippen LogP contribution is 2.35. The van der Waals surface area contributed by atoms with E-state index in [4.69, 9.17) is 4.74 Å². The molecule has 0 aromatic heterocycles. The van der Waals surface area contributed by atoms with Crippen molar-refractivity contribution in [2.75, 3.05) is 6.61 Å². The standard InChI is InChI=1S/C17H24O3/c1-4-12-17(13-5-2,16(19)20-6-3)15(18)14-10-8-7-9-11-14/h7-11H,4-6,12-13H2,1-3H3. The van der Waals surface area contributed by atoms with Gasteiger partial charge in [-0.1, -0.05) is 57.0 Å². The molecule has 0 bridgehead atoms. The fourth-order valence-electron chi connectivity index (χ4n) is 2.64. The zero-order valence-electron chi connectivity index (χ0n) is 12.6. The Morgan fingerprint density at radius 2 is 1.55 bits per heavy atom. The van der Waals surface area contributed by atoms with Crippen LogP contribution in [0.3, 0.4) is 0 Å². The second kappa shape index (κ2) is 7.83. The molecule has 20 heavy (non-hydrogen) atoms. The van der Waals surface area contributed by atoms with Gasteiger partial charge in [-0.3, -0.25) is 9.59 Å². The number of hydrogen-bond donors (Lipinski definition) is 0. The summed E-state index contributed by atoms with van der Waals surface area (Å²) in [6.45, 7) is 6.05. The molecule has 0 aliphatic heterocycles. The molecule has 3 nitrogen and oxygen atoms in total. The Balaban J connectivity index is 3.20. The van der Waals surface area contributed by atoms with Crippen molar-refractivity contribution < 1.29 is 14.3 Å². The van der Waals surface area contributed by atoms with Crippen molar-refractivity contribution in [2.24, 2.45) is 5.41 Å². The predicted octanol–water partition coefficient (Wildman–Crippen LogP) is 4.02. The number of Topliss-reactive ketones (excluding diaryl/α,β-unsaturated/α-hetero) is 1. The average molecular weight is 276 g/mol. The van der Waals surface area contributed by atoms with Gasteiger partial charge in [0.15, 0.2) is 5.78 Å². The van der Waals surface area contributed by atoms with Crippen LogP contribution in [0, 0.1) is 5.41 Å². The van der Waals surface area contributed by atoms with E-state index in [9.17, 15) is 9.59 Å². The Bertz CT molecular complexity index is 431. The minimum atomic E-state index is -1.03. The van der Waals surface area contributed by atoms with Gasteiger partial charge >= 0.3 is 5.97 Å². The molecule has 0 unspecified atom stereocenters. The summed E-state index contributed by atoms with van der Waals surface area (Å²) in [5, 5.41) is 0. The van der Waals surface area contributed by atoms with Crippen molar-refractivity contribution in [1.82, 2.24) is 0 Å². The fraction of sp³-hybridized carbons (Fsp3) is 0.529. The molecule has 110 valence electrons. The van der Waals surface area contributed by atoms with E-state index in [1.807, 2.05) is 32.0 Å². The molecule has 0 spiro atoms. The lowest BCUT2D eigenvalue weighted by Gasteiger charge is -2.29. The first-order valence-corrected chi connectivity index (χ1v) is 7.39. The van der Waals surface area contributed by atoms with Crippen LogP contribution < -0.4 is 0 Å². The van der Waals surface area contributed by atoms with Crippen LogP contribution in [0.15, 0.2) is 30.3 Å². The Morgan fingerprint density at radius 3 is 2.00 bits per heavy atom. The van der Waals surface area contributed by atoms with E-state index < -0.39 is 5.41 Å². The van der Waals surface area contributed by atoms with Crippen LogP contribution in [0.25, 0.3) is 0 Å². The van der Waals surface area contributed by atoms with E-state index in [0.717, 1.165) is 12.8 Å². The third kappa shape index (κ3) is 3.47. The highest BCUT2D eigenvalue weighted by molar-refractivity contribution is 6.12. The molecule has 0 atom stereocenters. The van der Waals surface area contributed by atoms with Gasteiger partial charge in [-0.25, -0.2) is 0 Å². The lowest BCUT2D eigenvalue weighted by atomic mass is 9.73. The molecule has 3 heteroatoms. The summed E-state index contributed by atoms with van der Waals surface area (Å²) in [4.78, 5) is 25.3. The maximum absolute atomic E-state index is 12.9. The molecule has 0 radical (unpaired) electrons. The molecule has 0 saturated heterocycles. The number of benzene rings is 1. The first kappa shape index (κ1) is 16.4. The van der Waals surface area contributed by atoms with Gasteiger partial charge in [-0.15, -0.1) is 0 Å². The van der Waals surface area contributed by atoms with E-state index in [-0.39, 0.29) is 11.8 Å². The molecule has 0 saturated carbocycles. The van der Waals surface area contributed by atoms with Gasteiger partial charge in [0.2, 0.25) is 0 Å². The number of ketones is 1. The zero-order valence-corrected chi connectivity index (χ0v) is 12.6. The van der Waals surface area contributed by atoms with Crippen LogP contribution >= 0.6 is 0 Å². The Labute approximate surface area is 121 Å². The number of carbonyl (C=O) groups is 2. The van der Waals surface area contributed by atoms with E-state index in [1.165, 1.54) is 0 Å². The fourth-order valence-corrected chi connectivity index (χ4v) is 2.64. The molecular formula is C17H24O3. The molecule has 0 N–H and O–H groups in total. The third-order valence-corrected chi connectivity index (χ3v) is 3.49. The molecular weight excluding hydrogens is 252 g/mol. The summed E-state index contributed by atoms with van der Waals surface area (Å²) >= 11 is 0. The summed E-state index contributed by atoms with van der Waals surface area (Å²) < 4.78 is 5.20. The molecule has 0 aliphatic carbocycles. The van der Waals surface area contributed by atoms with Crippen LogP contribution in [0.2, 0.25) is 0 Å². The largest absolute Gasteiger partial charge is 0.465 e. The minimum Gasteiger partial charge on any atom is -0.465 e. The normalized spacial score (nSPS) is 11.2. The maximum atomic E-state index is 12.9. The van der Waals surface area contributed by atoms with E-state index in [2.05, 4.69) is 0 Å². The zero-order chi connectivity index (χ0) is 15.0. The van der Waals surface area contributed by atoms with Crippen LogP contribution in [0.5, 0.6) is 0 Å². The number of rotatable bonds is 8. The Morgan fingerprint density at radius 1 is 1.00 bits per heavy atom.